The zero-order chi connectivity index (χ0) is 14.9. The predicted octanol–water partition coefficient (Wildman–Crippen LogP) is 4.22. The fourth-order valence-corrected chi connectivity index (χ4v) is 3.09. The van der Waals surface area contributed by atoms with Crippen molar-refractivity contribution < 1.29 is 0 Å². The Kier molecular flexibility index (Phi) is 3.35. The van der Waals surface area contributed by atoms with E-state index in [9.17, 15) is 0 Å². The van der Waals surface area contributed by atoms with Crippen molar-refractivity contribution in [3.63, 3.8) is 0 Å². The van der Waals surface area contributed by atoms with Crippen LogP contribution in [-0.4, -0.2) is 16.1 Å². The lowest BCUT2D eigenvalue weighted by Crippen LogP contribution is -2.33. The molecule has 2 aromatic carbocycles. The van der Waals surface area contributed by atoms with Crippen molar-refractivity contribution in [1.29, 1.82) is 0 Å². The van der Waals surface area contributed by atoms with E-state index in [0.717, 1.165) is 41.7 Å². The number of fused-ring (bicyclic) bond motifs is 1. The number of anilines is 1. The monoisotopic (exact) mass is 309 g/mol. The number of hydrogen-bond donors (Lipinski definition) is 0. The third-order valence-corrected chi connectivity index (χ3v) is 4.28. The second-order valence-electron chi connectivity index (χ2n) is 5.50. The summed E-state index contributed by atoms with van der Waals surface area (Å²) >= 11 is 6.08. The van der Waals surface area contributed by atoms with Gasteiger partial charge in [-0.25, -0.2) is 4.98 Å². The summed E-state index contributed by atoms with van der Waals surface area (Å²) in [5.41, 5.74) is 3.31. The lowest BCUT2D eigenvalue weighted by molar-refractivity contribution is 0.560. The molecule has 4 rings (SSSR count). The molecule has 2 heterocycles. The number of rotatable bonds is 2. The average Bonchev–Trinajstić information content (AvgIpc) is 2.99. The van der Waals surface area contributed by atoms with E-state index in [-0.39, 0.29) is 0 Å². The topological polar surface area (TPSA) is 21.1 Å². The maximum Gasteiger partial charge on any atom is 0.129 e. The highest BCUT2D eigenvalue weighted by molar-refractivity contribution is 6.30. The number of halogens is 1. The van der Waals surface area contributed by atoms with Gasteiger partial charge in [-0.3, -0.25) is 0 Å². The van der Waals surface area contributed by atoms with Gasteiger partial charge in [0.05, 0.1) is 12.2 Å². The van der Waals surface area contributed by atoms with Crippen molar-refractivity contribution >= 4 is 17.3 Å². The summed E-state index contributed by atoms with van der Waals surface area (Å²) < 4.78 is 2.25. The maximum atomic E-state index is 6.08. The molecule has 110 valence electrons. The molecule has 0 N–H and O–H groups in total. The quantitative estimate of drug-likeness (QED) is 0.706. The van der Waals surface area contributed by atoms with Crippen LogP contribution in [0.5, 0.6) is 0 Å². The highest BCUT2D eigenvalue weighted by atomic mass is 35.5. The Balaban J connectivity index is 1.64. The minimum Gasteiger partial charge on any atom is -0.362 e. The Hall–Kier alpha value is -2.26. The molecule has 0 bridgehead atoms. The van der Waals surface area contributed by atoms with Crippen LogP contribution in [0.15, 0.2) is 60.8 Å². The van der Waals surface area contributed by atoms with Gasteiger partial charge in [0.15, 0.2) is 0 Å². The first-order valence-electron chi connectivity index (χ1n) is 7.41. The first kappa shape index (κ1) is 13.4. The van der Waals surface area contributed by atoms with E-state index in [4.69, 9.17) is 16.6 Å². The van der Waals surface area contributed by atoms with Crippen LogP contribution in [0, 0.1) is 0 Å². The highest BCUT2D eigenvalue weighted by Crippen LogP contribution is 2.25. The van der Waals surface area contributed by atoms with Gasteiger partial charge in [-0.05, 0) is 24.3 Å². The van der Waals surface area contributed by atoms with Crippen LogP contribution in [-0.2, 0) is 13.1 Å². The second kappa shape index (κ2) is 5.50. The molecule has 22 heavy (non-hydrogen) atoms. The molecule has 1 aliphatic rings. The largest absolute Gasteiger partial charge is 0.362 e. The fraction of sp³-hybridized carbons (Fsp3) is 0.167. The van der Waals surface area contributed by atoms with E-state index >= 15 is 0 Å². The minimum absolute atomic E-state index is 0.745. The van der Waals surface area contributed by atoms with Crippen molar-refractivity contribution in [2.75, 3.05) is 11.4 Å². The lowest BCUT2D eigenvalue weighted by Gasteiger charge is -2.29. The molecular weight excluding hydrogens is 294 g/mol. The Morgan fingerprint density at radius 2 is 1.82 bits per heavy atom. The van der Waals surface area contributed by atoms with E-state index < -0.39 is 0 Å². The van der Waals surface area contributed by atoms with E-state index in [2.05, 4.69) is 46.0 Å². The molecule has 0 unspecified atom stereocenters. The third-order valence-electron chi connectivity index (χ3n) is 4.04. The minimum atomic E-state index is 0.745. The summed E-state index contributed by atoms with van der Waals surface area (Å²) in [5.74, 6) is 1.10. The molecule has 0 saturated carbocycles. The van der Waals surface area contributed by atoms with Crippen molar-refractivity contribution in [1.82, 2.24) is 9.55 Å². The smallest absolute Gasteiger partial charge is 0.129 e. The molecule has 4 heteroatoms. The van der Waals surface area contributed by atoms with Crippen LogP contribution >= 0.6 is 11.6 Å². The predicted molar refractivity (Wildman–Crippen MR) is 90.2 cm³/mol. The molecule has 0 fully saturated rings. The van der Waals surface area contributed by atoms with Crippen LogP contribution in [0.2, 0.25) is 5.02 Å². The van der Waals surface area contributed by atoms with Crippen LogP contribution in [0.4, 0.5) is 5.69 Å². The Morgan fingerprint density at radius 1 is 0.955 bits per heavy atom. The number of benzene rings is 2. The average molecular weight is 310 g/mol. The van der Waals surface area contributed by atoms with Gasteiger partial charge in [-0.15, -0.1) is 0 Å². The lowest BCUT2D eigenvalue weighted by atomic mass is 10.2. The number of aromatic nitrogens is 2. The van der Waals surface area contributed by atoms with Crippen molar-refractivity contribution in [3.05, 3.63) is 71.6 Å². The fourth-order valence-electron chi connectivity index (χ4n) is 2.90. The van der Waals surface area contributed by atoms with Crippen molar-refractivity contribution in [2.45, 2.75) is 13.1 Å². The number of imidazole rings is 1. The second-order valence-corrected chi connectivity index (χ2v) is 5.94. The summed E-state index contributed by atoms with van der Waals surface area (Å²) in [5, 5.41) is 0.745. The summed E-state index contributed by atoms with van der Waals surface area (Å²) in [6, 6.07) is 18.4. The van der Waals surface area contributed by atoms with E-state index in [0.29, 0.717) is 0 Å². The molecule has 3 nitrogen and oxygen atoms in total. The molecule has 1 aromatic heterocycles. The number of para-hydroxylation sites is 1. The van der Waals surface area contributed by atoms with Crippen LogP contribution < -0.4 is 4.90 Å². The molecule has 0 radical (unpaired) electrons. The van der Waals surface area contributed by atoms with Gasteiger partial charge in [0.1, 0.15) is 5.82 Å². The zero-order valence-corrected chi connectivity index (χ0v) is 12.9. The Morgan fingerprint density at radius 3 is 2.64 bits per heavy atom. The third kappa shape index (κ3) is 2.48. The van der Waals surface area contributed by atoms with Crippen molar-refractivity contribution in [3.8, 4) is 11.3 Å². The Labute approximate surface area is 134 Å². The maximum absolute atomic E-state index is 6.08. The molecule has 3 aromatic rings. The summed E-state index contributed by atoms with van der Waals surface area (Å²) in [6.07, 6.45) is 2.13. The van der Waals surface area contributed by atoms with E-state index in [1.165, 1.54) is 5.69 Å². The van der Waals surface area contributed by atoms with Gasteiger partial charge in [0, 0.05) is 35.6 Å². The molecule has 0 spiro atoms. The zero-order valence-electron chi connectivity index (χ0n) is 12.1. The van der Waals surface area contributed by atoms with Crippen LogP contribution in [0.1, 0.15) is 5.82 Å². The van der Waals surface area contributed by atoms with Gasteiger partial charge in [-0.1, -0.05) is 41.9 Å². The van der Waals surface area contributed by atoms with Gasteiger partial charge in [0.2, 0.25) is 0 Å². The number of nitrogens with zero attached hydrogens (tertiary/aromatic N) is 3. The molecule has 0 atom stereocenters. The van der Waals surface area contributed by atoms with Gasteiger partial charge in [-0.2, -0.15) is 0 Å². The Bertz CT molecular complexity index is 795. The summed E-state index contributed by atoms with van der Waals surface area (Å²) in [7, 11) is 0. The molecule has 0 amide bonds. The van der Waals surface area contributed by atoms with Gasteiger partial charge < -0.3 is 9.47 Å². The standard InChI is InChI=1S/C18H16ClN3/c19-15-6-4-5-14(11-15)17-12-22-10-9-21(13-18(22)20-17)16-7-2-1-3-8-16/h1-8,11-12H,9-10,13H2. The van der Waals surface area contributed by atoms with Gasteiger partial charge in [0.25, 0.3) is 0 Å². The molecule has 0 saturated heterocycles. The molecule has 1 aliphatic heterocycles. The normalized spacial score (nSPS) is 14.0. The summed E-state index contributed by atoms with van der Waals surface area (Å²) in [6.45, 7) is 2.80. The highest BCUT2D eigenvalue weighted by Gasteiger charge is 2.19. The number of hydrogen-bond acceptors (Lipinski definition) is 2. The van der Waals surface area contributed by atoms with Gasteiger partial charge >= 0.3 is 0 Å². The molecule has 0 aliphatic carbocycles. The first-order chi connectivity index (χ1) is 10.8. The van der Waals surface area contributed by atoms with Crippen LogP contribution in [0.25, 0.3) is 11.3 Å². The summed E-state index contributed by atoms with van der Waals surface area (Å²) in [4.78, 5) is 7.17. The SMILES string of the molecule is Clc1cccc(-c2cn3c(n2)CN(c2ccccc2)CC3)c1. The van der Waals surface area contributed by atoms with E-state index in [1.807, 2.05) is 24.3 Å². The first-order valence-corrected chi connectivity index (χ1v) is 7.79. The van der Waals surface area contributed by atoms with Crippen LogP contribution in [0.3, 0.4) is 0 Å². The molecular formula is C18H16ClN3. The van der Waals surface area contributed by atoms with Crippen molar-refractivity contribution in [2.24, 2.45) is 0 Å². The van der Waals surface area contributed by atoms with E-state index in [1.54, 1.807) is 0 Å².